The minimum absolute atomic E-state index is 0.0336. The normalized spacial score (nSPS) is 21.7. The molecule has 1 amide bonds. The third-order valence-electron chi connectivity index (χ3n) is 1.93. The lowest BCUT2D eigenvalue weighted by Gasteiger charge is -2.08. The maximum absolute atomic E-state index is 11.5. The summed E-state index contributed by atoms with van der Waals surface area (Å²) in [5, 5.41) is 4.74. The molecule has 0 saturated carbocycles. The molecule has 2 heterocycles. The van der Waals surface area contributed by atoms with Crippen molar-refractivity contribution < 1.29 is 4.79 Å². The zero-order valence-corrected chi connectivity index (χ0v) is 8.66. The zero-order chi connectivity index (χ0) is 9.10. The van der Waals surface area contributed by atoms with Gasteiger partial charge in [-0.2, -0.15) is 11.8 Å². The second-order valence-electron chi connectivity index (χ2n) is 2.91. The Bertz CT molecular complexity index is 280. The summed E-state index contributed by atoms with van der Waals surface area (Å²) in [5.74, 6) is 2.16. The third kappa shape index (κ3) is 2.22. The average Bonchev–Trinajstić information content (AvgIpc) is 2.74. The molecule has 0 bridgehead atoms. The number of nitrogens with one attached hydrogen (secondary N) is 1. The van der Waals surface area contributed by atoms with Crippen LogP contribution in [0.4, 0.5) is 0 Å². The molecule has 3 nitrogen and oxygen atoms in total. The van der Waals surface area contributed by atoms with E-state index in [9.17, 15) is 4.79 Å². The van der Waals surface area contributed by atoms with Crippen molar-refractivity contribution in [2.24, 2.45) is 0 Å². The number of thioether (sulfide) groups is 1. The van der Waals surface area contributed by atoms with Gasteiger partial charge in [-0.1, -0.05) is 0 Å². The molecule has 2 rings (SSSR count). The van der Waals surface area contributed by atoms with Crippen LogP contribution in [-0.4, -0.2) is 28.4 Å². The molecule has 70 valence electrons. The second kappa shape index (κ2) is 4.11. The molecule has 13 heavy (non-hydrogen) atoms. The SMILES string of the molecule is O=C(NC1CCSC1)c1cscn1. The lowest BCUT2D eigenvalue weighted by atomic mass is 10.2. The van der Waals surface area contributed by atoms with Crippen LogP contribution < -0.4 is 5.32 Å². The Morgan fingerprint density at radius 3 is 3.23 bits per heavy atom. The number of hydrogen-bond acceptors (Lipinski definition) is 4. The Balaban J connectivity index is 1.91. The van der Waals surface area contributed by atoms with Crippen LogP contribution in [0.25, 0.3) is 0 Å². The summed E-state index contributed by atoms with van der Waals surface area (Å²) in [7, 11) is 0. The first kappa shape index (κ1) is 9.02. The monoisotopic (exact) mass is 214 g/mol. The van der Waals surface area contributed by atoms with Crippen molar-refractivity contribution in [2.75, 3.05) is 11.5 Å². The quantitative estimate of drug-likeness (QED) is 0.808. The first-order valence-corrected chi connectivity index (χ1v) is 6.23. The number of aromatic nitrogens is 1. The maximum Gasteiger partial charge on any atom is 0.270 e. The summed E-state index contributed by atoms with van der Waals surface area (Å²) in [5.41, 5.74) is 2.22. The minimum Gasteiger partial charge on any atom is -0.347 e. The van der Waals surface area contributed by atoms with E-state index >= 15 is 0 Å². The summed E-state index contributed by atoms with van der Waals surface area (Å²) >= 11 is 3.34. The van der Waals surface area contributed by atoms with Gasteiger partial charge in [-0.05, 0) is 12.2 Å². The van der Waals surface area contributed by atoms with Crippen molar-refractivity contribution in [3.63, 3.8) is 0 Å². The standard InChI is InChI=1S/C8H10N2OS2/c11-8(7-4-13-5-9-7)10-6-1-2-12-3-6/h4-6H,1-3H2,(H,10,11). The van der Waals surface area contributed by atoms with E-state index in [0.717, 1.165) is 17.9 Å². The van der Waals surface area contributed by atoms with E-state index in [0.29, 0.717) is 11.7 Å². The molecule has 1 aromatic rings. The Morgan fingerprint density at radius 1 is 1.69 bits per heavy atom. The summed E-state index contributed by atoms with van der Waals surface area (Å²) in [6, 6.07) is 0.346. The lowest BCUT2D eigenvalue weighted by molar-refractivity contribution is 0.0937. The fourth-order valence-corrected chi connectivity index (χ4v) is 2.92. The molecule has 1 unspecified atom stereocenters. The van der Waals surface area contributed by atoms with Crippen LogP contribution in [0.1, 0.15) is 16.9 Å². The number of rotatable bonds is 2. The Labute approximate surface area is 84.9 Å². The summed E-state index contributed by atoms with van der Waals surface area (Å²) < 4.78 is 0. The second-order valence-corrected chi connectivity index (χ2v) is 4.78. The highest BCUT2D eigenvalue weighted by Crippen LogP contribution is 2.17. The van der Waals surface area contributed by atoms with E-state index < -0.39 is 0 Å². The highest BCUT2D eigenvalue weighted by atomic mass is 32.2. The van der Waals surface area contributed by atoms with Gasteiger partial charge in [0, 0.05) is 17.2 Å². The number of hydrogen-bond donors (Lipinski definition) is 1. The number of nitrogens with zero attached hydrogens (tertiary/aromatic N) is 1. The van der Waals surface area contributed by atoms with E-state index in [1.54, 1.807) is 10.9 Å². The van der Waals surface area contributed by atoms with Crippen molar-refractivity contribution in [1.82, 2.24) is 10.3 Å². The van der Waals surface area contributed by atoms with E-state index in [-0.39, 0.29) is 5.91 Å². The van der Waals surface area contributed by atoms with Gasteiger partial charge >= 0.3 is 0 Å². The number of amides is 1. The molecule has 0 aromatic carbocycles. The predicted molar refractivity (Wildman–Crippen MR) is 55.3 cm³/mol. The van der Waals surface area contributed by atoms with Gasteiger partial charge in [-0.3, -0.25) is 4.79 Å². The zero-order valence-electron chi connectivity index (χ0n) is 7.03. The van der Waals surface area contributed by atoms with Gasteiger partial charge in [0.2, 0.25) is 0 Å². The van der Waals surface area contributed by atoms with Crippen LogP contribution in [0, 0.1) is 0 Å². The van der Waals surface area contributed by atoms with Crippen LogP contribution >= 0.6 is 23.1 Å². The lowest BCUT2D eigenvalue weighted by Crippen LogP contribution is -2.34. The van der Waals surface area contributed by atoms with Crippen molar-refractivity contribution in [1.29, 1.82) is 0 Å². The number of carbonyl (C=O) groups excluding carboxylic acids is 1. The molecule has 1 N–H and O–H groups in total. The Kier molecular flexibility index (Phi) is 2.85. The van der Waals surface area contributed by atoms with Crippen LogP contribution in [-0.2, 0) is 0 Å². The van der Waals surface area contributed by atoms with Crippen molar-refractivity contribution in [2.45, 2.75) is 12.5 Å². The molecular formula is C8H10N2OS2. The third-order valence-corrected chi connectivity index (χ3v) is 3.68. The average molecular weight is 214 g/mol. The number of carbonyl (C=O) groups is 1. The largest absolute Gasteiger partial charge is 0.347 e. The van der Waals surface area contributed by atoms with Gasteiger partial charge in [0.1, 0.15) is 5.69 Å². The molecule has 1 saturated heterocycles. The van der Waals surface area contributed by atoms with Gasteiger partial charge in [0.25, 0.3) is 5.91 Å². The summed E-state index contributed by atoms with van der Waals surface area (Å²) in [6.07, 6.45) is 1.08. The molecule has 0 aliphatic carbocycles. The van der Waals surface area contributed by atoms with Gasteiger partial charge < -0.3 is 5.32 Å². The Hall–Kier alpha value is -0.550. The van der Waals surface area contributed by atoms with Crippen LogP contribution in [0.3, 0.4) is 0 Å². The van der Waals surface area contributed by atoms with Crippen LogP contribution in [0.15, 0.2) is 10.9 Å². The van der Waals surface area contributed by atoms with Gasteiger partial charge in [-0.25, -0.2) is 4.98 Å². The molecule has 0 radical (unpaired) electrons. The highest BCUT2D eigenvalue weighted by molar-refractivity contribution is 7.99. The first-order chi connectivity index (χ1) is 6.36. The maximum atomic E-state index is 11.5. The smallest absolute Gasteiger partial charge is 0.270 e. The molecule has 0 spiro atoms. The number of thiazole rings is 1. The first-order valence-electron chi connectivity index (χ1n) is 4.13. The summed E-state index contributed by atoms with van der Waals surface area (Å²) in [6.45, 7) is 0. The molecular weight excluding hydrogens is 204 g/mol. The summed E-state index contributed by atoms with van der Waals surface area (Å²) in [4.78, 5) is 15.4. The van der Waals surface area contributed by atoms with Crippen molar-refractivity contribution in [3.8, 4) is 0 Å². The van der Waals surface area contributed by atoms with Gasteiger partial charge in [0.15, 0.2) is 0 Å². The van der Waals surface area contributed by atoms with E-state index in [1.807, 2.05) is 11.8 Å². The van der Waals surface area contributed by atoms with Crippen molar-refractivity contribution in [3.05, 3.63) is 16.6 Å². The molecule has 1 aliphatic heterocycles. The fraction of sp³-hybridized carbons (Fsp3) is 0.500. The molecule has 1 aliphatic rings. The van der Waals surface area contributed by atoms with E-state index in [4.69, 9.17) is 0 Å². The van der Waals surface area contributed by atoms with Crippen LogP contribution in [0.5, 0.6) is 0 Å². The molecule has 1 atom stereocenters. The molecule has 1 aromatic heterocycles. The highest BCUT2D eigenvalue weighted by Gasteiger charge is 2.18. The predicted octanol–water partition coefficient (Wildman–Crippen LogP) is 1.38. The topological polar surface area (TPSA) is 42.0 Å². The molecule has 1 fully saturated rings. The molecule has 5 heteroatoms. The fourth-order valence-electron chi connectivity index (χ4n) is 1.23. The van der Waals surface area contributed by atoms with Gasteiger partial charge in [0.05, 0.1) is 5.51 Å². The van der Waals surface area contributed by atoms with Crippen LogP contribution in [0.2, 0.25) is 0 Å². The van der Waals surface area contributed by atoms with Gasteiger partial charge in [-0.15, -0.1) is 11.3 Å². The van der Waals surface area contributed by atoms with Crippen molar-refractivity contribution >= 4 is 29.0 Å². The Morgan fingerprint density at radius 2 is 2.62 bits per heavy atom. The van der Waals surface area contributed by atoms with E-state index in [1.165, 1.54) is 11.3 Å². The minimum atomic E-state index is -0.0336. The van der Waals surface area contributed by atoms with E-state index in [2.05, 4.69) is 10.3 Å².